The lowest BCUT2D eigenvalue weighted by Gasteiger charge is -2.37. The van der Waals surface area contributed by atoms with E-state index in [0.29, 0.717) is 18.7 Å². The number of hydrogen-bond donors (Lipinski definition) is 0. The Kier molecular flexibility index (Phi) is 2.84. The van der Waals surface area contributed by atoms with E-state index in [9.17, 15) is 8.42 Å². The number of aromatic nitrogens is 4. The Morgan fingerprint density at radius 1 is 1.40 bits per heavy atom. The van der Waals surface area contributed by atoms with Crippen LogP contribution in [-0.2, 0) is 17.1 Å². The van der Waals surface area contributed by atoms with Crippen molar-refractivity contribution in [3.05, 3.63) is 30.5 Å². The molecule has 0 aliphatic carbocycles. The van der Waals surface area contributed by atoms with Gasteiger partial charge in [0.25, 0.3) is 10.0 Å². The normalized spacial score (nSPS) is 16.8. The minimum absolute atomic E-state index is 0.0319. The number of nitriles is 1. The Labute approximate surface area is 115 Å². The third-order valence-corrected chi connectivity index (χ3v) is 4.94. The molecule has 8 nitrogen and oxygen atoms in total. The molecule has 20 heavy (non-hydrogen) atoms. The minimum Gasteiger partial charge on any atom is -0.339 e. The summed E-state index contributed by atoms with van der Waals surface area (Å²) in [5.41, 5.74) is 0.469. The van der Waals surface area contributed by atoms with Crippen molar-refractivity contribution in [2.75, 3.05) is 13.1 Å². The lowest BCUT2D eigenvalue weighted by Crippen LogP contribution is -2.50. The third-order valence-electron chi connectivity index (χ3n) is 3.22. The fourth-order valence-electron chi connectivity index (χ4n) is 2.03. The minimum atomic E-state index is -3.53. The highest BCUT2D eigenvalue weighted by Crippen LogP contribution is 2.27. The van der Waals surface area contributed by atoms with Crippen molar-refractivity contribution in [1.82, 2.24) is 23.6 Å². The first-order valence-corrected chi connectivity index (χ1v) is 7.37. The molecule has 0 N–H and O–H groups in total. The van der Waals surface area contributed by atoms with E-state index >= 15 is 0 Å². The molecule has 0 amide bonds. The van der Waals surface area contributed by atoms with Crippen LogP contribution in [-0.4, -0.2) is 45.1 Å². The molecule has 1 aliphatic heterocycles. The summed E-state index contributed by atoms with van der Waals surface area (Å²) in [6.45, 7) is 0.677. The van der Waals surface area contributed by atoms with Crippen LogP contribution in [0.1, 0.15) is 11.6 Å². The molecular formula is C11H12N6O2S. The molecule has 0 saturated carbocycles. The SMILES string of the molecule is Cn1cnc(S(=O)(=O)N2CC(n3cc(C#N)cn3)C2)c1. The number of imidazole rings is 1. The van der Waals surface area contributed by atoms with Crippen molar-refractivity contribution >= 4 is 10.0 Å². The van der Waals surface area contributed by atoms with Gasteiger partial charge in [0.1, 0.15) is 6.07 Å². The Hall–Kier alpha value is -2.18. The molecule has 0 radical (unpaired) electrons. The Bertz CT molecular complexity index is 778. The van der Waals surface area contributed by atoms with E-state index in [0.717, 1.165) is 0 Å². The van der Waals surface area contributed by atoms with Crippen LogP contribution in [0.25, 0.3) is 0 Å². The molecule has 9 heteroatoms. The van der Waals surface area contributed by atoms with Gasteiger partial charge in [-0.3, -0.25) is 4.68 Å². The lowest BCUT2D eigenvalue weighted by molar-refractivity contribution is 0.191. The van der Waals surface area contributed by atoms with Crippen LogP contribution in [0.15, 0.2) is 29.9 Å². The second-order valence-electron chi connectivity index (χ2n) is 4.67. The molecular weight excluding hydrogens is 280 g/mol. The molecule has 1 fully saturated rings. The summed E-state index contributed by atoms with van der Waals surface area (Å²) < 4.78 is 29.0. The van der Waals surface area contributed by atoms with Gasteiger partial charge in [0.15, 0.2) is 5.03 Å². The standard InChI is InChI=1S/C11H12N6O2S/c1-15-7-11(13-8-15)20(18,19)16-5-10(6-16)17-4-9(2-12)3-14-17/h3-4,7-8,10H,5-6H2,1H3. The van der Waals surface area contributed by atoms with E-state index in [2.05, 4.69) is 10.1 Å². The van der Waals surface area contributed by atoms with E-state index in [1.54, 1.807) is 22.5 Å². The second-order valence-corrected chi connectivity index (χ2v) is 6.56. The number of rotatable bonds is 3. The molecule has 1 aliphatic rings. The summed E-state index contributed by atoms with van der Waals surface area (Å²) >= 11 is 0. The van der Waals surface area contributed by atoms with E-state index in [-0.39, 0.29) is 11.1 Å². The number of nitrogens with zero attached hydrogens (tertiary/aromatic N) is 6. The first kappa shape index (κ1) is 12.8. The summed E-state index contributed by atoms with van der Waals surface area (Å²) in [7, 11) is -1.81. The fourth-order valence-corrected chi connectivity index (χ4v) is 3.51. The predicted molar refractivity (Wildman–Crippen MR) is 67.9 cm³/mol. The average Bonchev–Trinajstić information content (AvgIpc) is 2.96. The van der Waals surface area contributed by atoms with Gasteiger partial charge in [-0.05, 0) is 0 Å². The maximum Gasteiger partial charge on any atom is 0.262 e. The first-order chi connectivity index (χ1) is 9.50. The summed E-state index contributed by atoms with van der Waals surface area (Å²) in [6.07, 6.45) is 6.02. The van der Waals surface area contributed by atoms with Crippen LogP contribution < -0.4 is 0 Å². The van der Waals surface area contributed by atoms with Crippen LogP contribution in [0.5, 0.6) is 0 Å². The molecule has 104 valence electrons. The van der Waals surface area contributed by atoms with Gasteiger partial charge >= 0.3 is 0 Å². The zero-order valence-corrected chi connectivity index (χ0v) is 11.5. The van der Waals surface area contributed by atoms with Gasteiger partial charge in [0.2, 0.25) is 0 Å². The average molecular weight is 292 g/mol. The van der Waals surface area contributed by atoms with Crippen LogP contribution in [0, 0.1) is 11.3 Å². The number of aryl methyl sites for hydroxylation is 1. The number of sulfonamides is 1. The van der Waals surface area contributed by atoms with Crippen molar-refractivity contribution in [2.45, 2.75) is 11.1 Å². The molecule has 3 rings (SSSR count). The van der Waals surface area contributed by atoms with Crippen molar-refractivity contribution < 1.29 is 8.42 Å². The fraction of sp³-hybridized carbons (Fsp3) is 0.364. The molecule has 1 saturated heterocycles. The van der Waals surface area contributed by atoms with E-state index in [4.69, 9.17) is 5.26 Å². The maximum atomic E-state index is 12.2. The summed E-state index contributed by atoms with van der Waals surface area (Å²) in [4.78, 5) is 3.87. The molecule has 0 unspecified atom stereocenters. The van der Waals surface area contributed by atoms with Crippen LogP contribution in [0.2, 0.25) is 0 Å². The second kappa shape index (κ2) is 4.43. The van der Waals surface area contributed by atoms with Crippen molar-refractivity contribution in [3.8, 4) is 6.07 Å². The van der Waals surface area contributed by atoms with E-state index < -0.39 is 10.0 Å². The van der Waals surface area contributed by atoms with Crippen LogP contribution >= 0.6 is 0 Å². The largest absolute Gasteiger partial charge is 0.339 e. The zero-order chi connectivity index (χ0) is 14.3. The third kappa shape index (κ3) is 1.99. The highest BCUT2D eigenvalue weighted by atomic mass is 32.2. The van der Waals surface area contributed by atoms with E-state index in [1.165, 1.54) is 23.0 Å². The van der Waals surface area contributed by atoms with E-state index in [1.807, 2.05) is 6.07 Å². The molecule has 3 heterocycles. The van der Waals surface area contributed by atoms with Crippen molar-refractivity contribution in [1.29, 1.82) is 5.26 Å². The van der Waals surface area contributed by atoms with Crippen LogP contribution in [0.3, 0.4) is 0 Å². The van der Waals surface area contributed by atoms with Gasteiger partial charge in [-0.2, -0.15) is 14.7 Å². The highest BCUT2D eigenvalue weighted by Gasteiger charge is 2.39. The molecule has 2 aromatic heterocycles. The zero-order valence-electron chi connectivity index (χ0n) is 10.7. The van der Waals surface area contributed by atoms with Crippen molar-refractivity contribution in [3.63, 3.8) is 0 Å². The Balaban J connectivity index is 1.73. The molecule has 0 bridgehead atoms. The first-order valence-electron chi connectivity index (χ1n) is 5.93. The Morgan fingerprint density at radius 3 is 2.70 bits per heavy atom. The molecule has 0 spiro atoms. The van der Waals surface area contributed by atoms with Gasteiger partial charge in [-0.25, -0.2) is 13.4 Å². The lowest BCUT2D eigenvalue weighted by atomic mass is 10.2. The van der Waals surface area contributed by atoms with Crippen LogP contribution in [0.4, 0.5) is 0 Å². The topological polar surface area (TPSA) is 96.8 Å². The van der Waals surface area contributed by atoms with Gasteiger partial charge in [-0.15, -0.1) is 0 Å². The molecule has 2 aromatic rings. The number of hydrogen-bond acceptors (Lipinski definition) is 5. The highest BCUT2D eigenvalue weighted by molar-refractivity contribution is 7.89. The monoisotopic (exact) mass is 292 g/mol. The van der Waals surface area contributed by atoms with Gasteiger partial charge in [-0.1, -0.05) is 0 Å². The smallest absolute Gasteiger partial charge is 0.262 e. The van der Waals surface area contributed by atoms with Gasteiger partial charge in [0.05, 0.1) is 24.1 Å². The summed E-state index contributed by atoms with van der Waals surface area (Å²) in [6, 6.07) is 1.96. The predicted octanol–water partition coefficient (Wildman–Crippen LogP) is -0.266. The maximum absolute atomic E-state index is 12.2. The Morgan fingerprint density at radius 2 is 2.15 bits per heavy atom. The van der Waals surface area contributed by atoms with Gasteiger partial charge in [0, 0.05) is 32.5 Å². The summed E-state index contributed by atoms with van der Waals surface area (Å²) in [5.74, 6) is 0. The molecule has 0 atom stereocenters. The molecule has 0 aromatic carbocycles. The van der Waals surface area contributed by atoms with Crippen molar-refractivity contribution in [2.24, 2.45) is 7.05 Å². The van der Waals surface area contributed by atoms with Gasteiger partial charge < -0.3 is 4.57 Å². The quantitative estimate of drug-likeness (QED) is 0.776. The summed E-state index contributed by atoms with van der Waals surface area (Å²) in [5, 5.41) is 12.8.